The molecule has 1 aliphatic carbocycles. The molecule has 0 spiro atoms. The quantitative estimate of drug-likeness (QED) is 0.829. The molecule has 0 aromatic heterocycles. The molecule has 2 unspecified atom stereocenters. The fourth-order valence-corrected chi connectivity index (χ4v) is 3.38. The van der Waals surface area contributed by atoms with Gasteiger partial charge in [-0.05, 0) is 43.9 Å². The minimum atomic E-state index is -0.348. The molecule has 2 atom stereocenters. The highest BCUT2D eigenvalue weighted by Gasteiger charge is 2.49. The molecule has 2 aliphatic rings. The summed E-state index contributed by atoms with van der Waals surface area (Å²) in [7, 11) is 0. The SMILES string of the molecule is CCC1(C)NC(CC(C)C)N(CC2(C)CCC2)C1=O. The van der Waals surface area contributed by atoms with E-state index in [1.165, 1.54) is 19.3 Å². The van der Waals surface area contributed by atoms with Crippen molar-refractivity contribution in [3.8, 4) is 0 Å². The van der Waals surface area contributed by atoms with Crippen LogP contribution in [0.15, 0.2) is 0 Å². The Morgan fingerprint density at radius 1 is 1.37 bits per heavy atom. The number of hydrogen-bond acceptors (Lipinski definition) is 2. The van der Waals surface area contributed by atoms with Crippen LogP contribution < -0.4 is 5.32 Å². The summed E-state index contributed by atoms with van der Waals surface area (Å²) in [5, 5.41) is 3.60. The van der Waals surface area contributed by atoms with Crippen molar-refractivity contribution in [3.63, 3.8) is 0 Å². The number of rotatable bonds is 5. The van der Waals surface area contributed by atoms with Gasteiger partial charge in [0.25, 0.3) is 0 Å². The summed E-state index contributed by atoms with van der Waals surface area (Å²) in [5.74, 6) is 0.926. The Kier molecular flexibility index (Phi) is 3.97. The second-order valence-electron chi connectivity index (χ2n) is 7.57. The lowest BCUT2D eigenvalue weighted by molar-refractivity contribution is -0.135. The van der Waals surface area contributed by atoms with Gasteiger partial charge in [0.2, 0.25) is 5.91 Å². The zero-order valence-electron chi connectivity index (χ0n) is 13.3. The van der Waals surface area contributed by atoms with Gasteiger partial charge < -0.3 is 4.90 Å². The van der Waals surface area contributed by atoms with Crippen molar-refractivity contribution < 1.29 is 4.79 Å². The van der Waals surface area contributed by atoms with Crippen LogP contribution in [-0.2, 0) is 4.79 Å². The molecular formula is C16H30N2O. The molecule has 1 N–H and O–H groups in total. The molecule has 0 aromatic carbocycles. The number of amides is 1. The first-order valence-electron chi connectivity index (χ1n) is 7.88. The van der Waals surface area contributed by atoms with Gasteiger partial charge in [0.15, 0.2) is 0 Å². The third-order valence-corrected chi connectivity index (χ3v) is 5.11. The second-order valence-corrected chi connectivity index (χ2v) is 7.57. The lowest BCUT2D eigenvalue weighted by Crippen LogP contribution is -2.46. The van der Waals surface area contributed by atoms with E-state index >= 15 is 0 Å². The van der Waals surface area contributed by atoms with Gasteiger partial charge in [-0.15, -0.1) is 0 Å². The molecule has 110 valence electrons. The first kappa shape index (κ1) is 14.8. The lowest BCUT2D eigenvalue weighted by Gasteiger charge is -2.42. The third-order valence-electron chi connectivity index (χ3n) is 5.11. The van der Waals surface area contributed by atoms with Crippen molar-refractivity contribution in [2.45, 2.75) is 78.4 Å². The average molecular weight is 266 g/mol. The van der Waals surface area contributed by atoms with Gasteiger partial charge in [0.1, 0.15) is 0 Å². The third kappa shape index (κ3) is 2.81. The Labute approximate surface area is 118 Å². The maximum atomic E-state index is 12.7. The van der Waals surface area contributed by atoms with Crippen LogP contribution in [0, 0.1) is 11.3 Å². The van der Waals surface area contributed by atoms with Crippen LogP contribution in [0.3, 0.4) is 0 Å². The normalized spacial score (nSPS) is 33.9. The van der Waals surface area contributed by atoms with Crippen molar-refractivity contribution in [1.82, 2.24) is 10.2 Å². The van der Waals surface area contributed by atoms with Crippen LogP contribution >= 0.6 is 0 Å². The van der Waals surface area contributed by atoms with Gasteiger partial charge in [-0.2, -0.15) is 0 Å². The summed E-state index contributed by atoms with van der Waals surface area (Å²) >= 11 is 0. The Balaban J connectivity index is 2.13. The highest BCUT2D eigenvalue weighted by atomic mass is 16.2. The van der Waals surface area contributed by atoms with E-state index in [9.17, 15) is 4.79 Å². The van der Waals surface area contributed by atoms with Crippen LogP contribution in [0.5, 0.6) is 0 Å². The topological polar surface area (TPSA) is 32.3 Å². The maximum Gasteiger partial charge on any atom is 0.243 e. The molecule has 2 fully saturated rings. The first-order chi connectivity index (χ1) is 8.80. The fourth-order valence-electron chi connectivity index (χ4n) is 3.38. The monoisotopic (exact) mass is 266 g/mol. The minimum absolute atomic E-state index is 0.231. The lowest BCUT2D eigenvalue weighted by atomic mass is 9.70. The molecule has 19 heavy (non-hydrogen) atoms. The molecular weight excluding hydrogens is 236 g/mol. The van der Waals surface area contributed by atoms with E-state index in [4.69, 9.17) is 0 Å². The maximum absolute atomic E-state index is 12.7. The van der Waals surface area contributed by atoms with E-state index in [2.05, 4.69) is 44.8 Å². The zero-order valence-corrected chi connectivity index (χ0v) is 13.3. The molecule has 1 amide bonds. The number of hydrogen-bond donors (Lipinski definition) is 1. The largest absolute Gasteiger partial charge is 0.325 e. The van der Waals surface area contributed by atoms with Crippen LogP contribution in [0.1, 0.15) is 66.7 Å². The van der Waals surface area contributed by atoms with Crippen molar-refractivity contribution in [2.75, 3.05) is 6.54 Å². The first-order valence-corrected chi connectivity index (χ1v) is 7.88. The van der Waals surface area contributed by atoms with Gasteiger partial charge in [-0.3, -0.25) is 10.1 Å². The second kappa shape index (κ2) is 5.08. The smallest absolute Gasteiger partial charge is 0.243 e. The Hall–Kier alpha value is -0.570. The Bertz CT molecular complexity index is 349. The van der Waals surface area contributed by atoms with Crippen LogP contribution in [0.2, 0.25) is 0 Å². The zero-order chi connectivity index (χ0) is 14.3. The highest BCUT2D eigenvalue weighted by Crippen LogP contribution is 2.42. The van der Waals surface area contributed by atoms with Crippen molar-refractivity contribution in [2.24, 2.45) is 11.3 Å². The van der Waals surface area contributed by atoms with Crippen LogP contribution in [-0.4, -0.2) is 29.1 Å². The Morgan fingerprint density at radius 2 is 2.00 bits per heavy atom. The van der Waals surface area contributed by atoms with Crippen molar-refractivity contribution >= 4 is 5.91 Å². The van der Waals surface area contributed by atoms with Gasteiger partial charge >= 0.3 is 0 Å². The van der Waals surface area contributed by atoms with Gasteiger partial charge in [0.05, 0.1) is 11.7 Å². The molecule has 3 heteroatoms. The molecule has 2 rings (SSSR count). The van der Waals surface area contributed by atoms with Crippen molar-refractivity contribution in [1.29, 1.82) is 0 Å². The van der Waals surface area contributed by atoms with E-state index in [-0.39, 0.29) is 11.7 Å². The summed E-state index contributed by atoms with van der Waals surface area (Å²) in [6.07, 6.45) is 6.02. The predicted molar refractivity (Wildman–Crippen MR) is 78.7 cm³/mol. The fraction of sp³-hybridized carbons (Fsp3) is 0.938. The van der Waals surface area contributed by atoms with E-state index in [0.29, 0.717) is 17.2 Å². The van der Waals surface area contributed by atoms with Crippen LogP contribution in [0.25, 0.3) is 0 Å². The summed E-state index contributed by atoms with van der Waals surface area (Å²) in [6.45, 7) is 11.9. The number of carbonyl (C=O) groups is 1. The number of nitrogens with one attached hydrogen (secondary N) is 1. The van der Waals surface area contributed by atoms with Gasteiger partial charge in [-0.1, -0.05) is 34.1 Å². The predicted octanol–water partition coefficient (Wildman–Crippen LogP) is 3.15. The van der Waals surface area contributed by atoms with E-state index in [1.807, 2.05) is 0 Å². The van der Waals surface area contributed by atoms with Gasteiger partial charge in [0, 0.05) is 6.54 Å². The average Bonchev–Trinajstić information content (AvgIpc) is 2.52. The van der Waals surface area contributed by atoms with Gasteiger partial charge in [-0.25, -0.2) is 0 Å². The molecule has 3 nitrogen and oxygen atoms in total. The minimum Gasteiger partial charge on any atom is -0.325 e. The molecule has 0 radical (unpaired) electrons. The molecule has 0 bridgehead atoms. The Morgan fingerprint density at radius 3 is 2.42 bits per heavy atom. The summed E-state index contributed by atoms with van der Waals surface area (Å²) < 4.78 is 0. The molecule has 1 saturated heterocycles. The summed E-state index contributed by atoms with van der Waals surface area (Å²) in [4.78, 5) is 14.9. The van der Waals surface area contributed by atoms with E-state index in [1.54, 1.807) is 0 Å². The van der Waals surface area contributed by atoms with Crippen molar-refractivity contribution in [3.05, 3.63) is 0 Å². The van der Waals surface area contributed by atoms with E-state index < -0.39 is 0 Å². The molecule has 1 aliphatic heterocycles. The summed E-state index contributed by atoms with van der Waals surface area (Å²) in [5.41, 5.74) is 0.0191. The number of carbonyl (C=O) groups excluding carboxylic acids is 1. The molecule has 0 aromatic rings. The van der Waals surface area contributed by atoms with Crippen LogP contribution in [0.4, 0.5) is 0 Å². The van der Waals surface area contributed by atoms with E-state index in [0.717, 1.165) is 19.4 Å². The summed E-state index contributed by atoms with van der Waals surface area (Å²) in [6, 6.07) is 0. The highest BCUT2D eigenvalue weighted by molar-refractivity contribution is 5.88. The standard InChI is InChI=1S/C16H30N2O/c1-6-16(5)14(19)18(11-15(4)8-7-9-15)13(17-16)10-12(2)3/h12-13,17H,6-11H2,1-5H3. The molecule has 1 heterocycles. The number of nitrogens with zero attached hydrogens (tertiary/aromatic N) is 1. The molecule has 1 saturated carbocycles.